The van der Waals surface area contributed by atoms with Gasteiger partial charge in [-0.25, -0.2) is 4.98 Å². The molecule has 0 atom stereocenters. The highest BCUT2D eigenvalue weighted by molar-refractivity contribution is 7.26. The van der Waals surface area contributed by atoms with E-state index in [4.69, 9.17) is 23.7 Å². The van der Waals surface area contributed by atoms with Gasteiger partial charge in [-0.2, -0.15) is 9.97 Å². The van der Waals surface area contributed by atoms with Gasteiger partial charge in [-0.15, -0.1) is 11.3 Å². The highest BCUT2D eigenvalue weighted by Gasteiger charge is 2.20. The number of hydrogen-bond donors (Lipinski definition) is 0. The molecular weight excluding hydrogens is 619 g/mol. The second-order valence-electron chi connectivity index (χ2n) is 11.4. The van der Waals surface area contributed by atoms with Crippen molar-refractivity contribution in [1.82, 2.24) is 24.1 Å². The van der Waals surface area contributed by atoms with E-state index in [9.17, 15) is 0 Å². The first-order valence-corrected chi connectivity index (χ1v) is 16.3. The third-order valence-corrected chi connectivity index (χ3v) is 9.84. The molecule has 0 aliphatic heterocycles. The summed E-state index contributed by atoms with van der Waals surface area (Å²) >= 11 is 1.59. The second-order valence-corrected chi connectivity index (χ2v) is 12.4. The SMILES string of the molecule is [2H]c1c([2H])c([2H])c(-c2nc(-c3c([2H])c([2H])c([2H])c([2H])c3[2H])nc(-n3c4ccc5cccc6c7ccccc7n(-c7ccccc7)c7cccc3c7sc4c56)n2)c([2H])c1[2H]. The zero-order chi connectivity index (χ0) is 41.0. The average Bonchev–Trinajstić information content (AvgIpc) is 3.30. The Labute approximate surface area is 299 Å². The lowest BCUT2D eigenvalue weighted by Crippen LogP contribution is -2.08. The predicted molar refractivity (Wildman–Crippen MR) is 204 cm³/mol. The molecule has 0 radical (unpaired) electrons. The van der Waals surface area contributed by atoms with E-state index in [0.717, 1.165) is 47.7 Å². The van der Waals surface area contributed by atoms with Gasteiger partial charge in [-0.3, -0.25) is 4.57 Å². The second kappa shape index (κ2) is 11.1. The third-order valence-electron chi connectivity index (χ3n) is 8.60. The smallest absolute Gasteiger partial charge is 0.238 e. The fraction of sp³-hybridized carbons (Fsp3) is 0. The van der Waals surface area contributed by atoms with Crippen LogP contribution in [-0.2, 0) is 0 Å². The minimum atomic E-state index is -0.611. The predicted octanol–water partition coefficient (Wildman–Crippen LogP) is 11.2. The maximum atomic E-state index is 8.87. The molecule has 5 nitrogen and oxygen atoms in total. The zero-order valence-corrected chi connectivity index (χ0v) is 26.3. The number of para-hydroxylation sites is 2. The molecule has 0 unspecified atom stereocenters. The molecule has 0 aliphatic rings. The standard InChI is InChI=1S/C43H27N5S/c1-4-14-29(15-5-1)41-44-42(30-16-6-2-7-17-30)46-43(45-41)48-36-25-13-24-35-39(36)49-40-37(48)27-26-28-18-12-22-33(38(28)40)32-21-10-11-23-34(32)47(35)31-19-8-3-9-20-31/h1-27H/i1D,2D,4D,5D,6D,7D,14D,15D,16D,17D. The molecule has 0 spiro atoms. The van der Waals surface area contributed by atoms with Crippen LogP contribution in [0, 0.1) is 0 Å². The van der Waals surface area contributed by atoms with Crippen LogP contribution in [0.3, 0.4) is 0 Å². The van der Waals surface area contributed by atoms with Gasteiger partial charge in [-0.05, 0) is 47.2 Å². The summed E-state index contributed by atoms with van der Waals surface area (Å²) in [6, 6.07) is 28.3. The molecule has 6 bridgehead atoms. The Morgan fingerprint density at radius 2 is 1.06 bits per heavy atom. The van der Waals surface area contributed by atoms with E-state index < -0.39 is 60.4 Å². The molecule has 0 N–H and O–H groups in total. The minimum absolute atomic E-state index is 0.0663. The quantitative estimate of drug-likeness (QED) is 0.140. The first kappa shape index (κ1) is 19.5. The number of aromatic nitrogens is 5. The highest BCUT2D eigenvalue weighted by Crippen LogP contribution is 2.42. The van der Waals surface area contributed by atoms with Crippen LogP contribution in [0.2, 0.25) is 0 Å². The molecule has 3 heterocycles. The van der Waals surface area contributed by atoms with Crippen LogP contribution in [0.1, 0.15) is 13.7 Å². The van der Waals surface area contributed by atoms with Crippen molar-refractivity contribution in [2.24, 2.45) is 0 Å². The summed E-state index contributed by atoms with van der Waals surface area (Å²) in [7, 11) is 0. The Hall–Kier alpha value is -6.37. The Morgan fingerprint density at radius 1 is 0.469 bits per heavy atom. The molecular formula is C43H27N5S. The third kappa shape index (κ3) is 4.42. The average molecular weight is 656 g/mol. The summed E-state index contributed by atoms with van der Waals surface area (Å²) in [5, 5.41) is 3.93. The van der Waals surface area contributed by atoms with Gasteiger partial charge in [-0.1, -0.05) is 127 Å². The fourth-order valence-electron chi connectivity index (χ4n) is 6.55. The number of benzene rings is 7. The number of hydrogen-bond acceptors (Lipinski definition) is 4. The van der Waals surface area contributed by atoms with Crippen molar-refractivity contribution in [3.05, 3.63) is 164 Å². The van der Waals surface area contributed by atoms with Gasteiger partial charge in [0.1, 0.15) is 0 Å². The molecule has 7 aromatic carbocycles. The summed E-state index contributed by atoms with van der Waals surface area (Å²) in [5.74, 6) is -0.741. The number of nitrogens with zero attached hydrogens (tertiary/aromatic N) is 5. The Morgan fingerprint density at radius 3 is 1.80 bits per heavy atom. The van der Waals surface area contributed by atoms with Crippen LogP contribution in [0.25, 0.3) is 87.4 Å². The van der Waals surface area contributed by atoms with Gasteiger partial charge in [0.15, 0.2) is 11.6 Å². The van der Waals surface area contributed by atoms with E-state index >= 15 is 0 Å². The number of fused-ring (bicyclic) bond motifs is 2. The van der Waals surface area contributed by atoms with Crippen LogP contribution in [0.4, 0.5) is 0 Å². The summed E-state index contributed by atoms with van der Waals surface area (Å²) in [4.78, 5) is 14.2. The van der Waals surface area contributed by atoms with Crippen molar-refractivity contribution in [1.29, 1.82) is 0 Å². The van der Waals surface area contributed by atoms with Crippen LogP contribution < -0.4 is 0 Å². The summed E-state index contributed by atoms with van der Waals surface area (Å²) in [5.41, 5.74) is 3.34. The van der Waals surface area contributed by atoms with Crippen molar-refractivity contribution in [3.63, 3.8) is 0 Å². The Balaban J connectivity index is 1.45. The van der Waals surface area contributed by atoms with Crippen molar-refractivity contribution < 1.29 is 13.7 Å². The first-order chi connectivity index (χ1) is 28.5. The van der Waals surface area contributed by atoms with Gasteiger partial charge in [0.25, 0.3) is 0 Å². The highest BCUT2D eigenvalue weighted by atomic mass is 32.1. The van der Waals surface area contributed by atoms with Gasteiger partial charge in [0, 0.05) is 27.6 Å². The topological polar surface area (TPSA) is 48.5 Å². The van der Waals surface area contributed by atoms with Crippen LogP contribution in [-0.4, -0.2) is 24.1 Å². The lowest BCUT2D eigenvalue weighted by atomic mass is 10.0. The molecule has 3 aromatic heterocycles. The maximum absolute atomic E-state index is 8.87. The Bertz CT molecular complexity index is 3320. The van der Waals surface area contributed by atoms with Gasteiger partial charge in [0.2, 0.25) is 5.95 Å². The van der Waals surface area contributed by atoms with Gasteiger partial charge >= 0.3 is 0 Å². The zero-order valence-electron chi connectivity index (χ0n) is 35.5. The van der Waals surface area contributed by atoms with E-state index in [0.29, 0.717) is 11.0 Å². The van der Waals surface area contributed by atoms with E-state index in [1.165, 1.54) is 0 Å². The van der Waals surface area contributed by atoms with Crippen molar-refractivity contribution in [2.75, 3.05) is 0 Å². The lowest BCUT2D eigenvalue weighted by Gasteiger charge is -2.18. The molecule has 49 heavy (non-hydrogen) atoms. The van der Waals surface area contributed by atoms with Crippen molar-refractivity contribution in [3.8, 4) is 34.4 Å². The fourth-order valence-corrected chi connectivity index (χ4v) is 7.87. The van der Waals surface area contributed by atoms with E-state index in [1.54, 1.807) is 15.9 Å². The minimum Gasteiger partial charge on any atom is -0.308 e. The van der Waals surface area contributed by atoms with E-state index in [1.807, 2.05) is 78.9 Å². The molecule has 6 heteroatoms. The lowest BCUT2D eigenvalue weighted by molar-refractivity contribution is 0.951. The van der Waals surface area contributed by atoms with E-state index in [-0.39, 0.29) is 28.7 Å². The first-order valence-electron chi connectivity index (χ1n) is 20.5. The maximum Gasteiger partial charge on any atom is 0.238 e. The largest absolute Gasteiger partial charge is 0.308 e. The van der Waals surface area contributed by atoms with Crippen molar-refractivity contribution in [2.45, 2.75) is 0 Å². The molecule has 10 aromatic rings. The van der Waals surface area contributed by atoms with Crippen molar-refractivity contribution >= 4 is 64.3 Å². The summed E-state index contributed by atoms with van der Waals surface area (Å²) in [6.07, 6.45) is 0. The molecule has 0 saturated carbocycles. The normalized spacial score (nSPS) is 14.5. The summed E-state index contributed by atoms with van der Waals surface area (Å²) in [6.45, 7) is 0. The van der Waals surface area contributed by atoms with Gasteiger partial charge in [0.05, 0.1) is 45.2 Å². The molecule has 0 aliphatic carbocycles. The molecule has 10 rings (SSSR count). The molecule has 0 fully saturated rings. The number of rotatable bonds is 4. The van der Waals surface area contributed by atoms with Crippen LogP contribution in [0.15, 0.2) is 164 Å². The van der Waals surface area contributed by atoms with Gasteiger partial charge < -0.3 is 4.57 Å². The summed E-state index contributed by atoms with van der Waals surface area (Å²) < 4.78 is 91.5. The molecule has 230 valence electrons. The monoisotopic (exact) mass is 655 g/mol. The molecule has 0 amide bonds. The van der Waals surface area contributed by atoms with E-state index in [2.05, 4.69) is 33.8 Å². The van der Waals surface area contributed by atoms with Crippen LogP contribution >= 0.6 is 11.3 Å². The Kier molecular flexibility index (Phi) is 4.41. The molecule has 0 saturated heterocycles. The van der Waals surface area contributed by atoms with Crippen LogP contribution in [0.5, 0.6) is 0 Å².